The molecule has 0 spiro atoms. The van der Waals surface area contributed by atoms with E-state index >= 15 is 0 Å². The van der Waals surface area contributed by atoms with Crippen molar-refractivity contribution in [2.24, 2.45) is 0 Å². The topological polar surface area (TPSA) is 59.5 Å². The van der Waals surface area contributed by atoms with Gasteiger partial charge >= 0.3 is 5.97 Å². The minimum absolute atomic E-state index is 0.107. The van der Waals surface area contributed by atoms with Crippen molar-refractivity contribution in [1.29, 1.82) is 0 Å². The van der Waals surface area contributed by atoms with E-state index in [4.69, 9.17) is 4.74 Å². The van der Waals surface area contributed by atoms with Crippen LogP contribution in [-0.4, -0.2) is 29.2 Å². The van der Waals surface area contributed by atoms with Crippen LogP contribution >= 0.6 is 34.9 Å². The Morgan fingerprint density at radius 3 is 2.26 bits per heavy atom. The first-order valence-electron chi connectivity index (χ1n) is 9.52. The first-order chi connectivity index (χ1) is 15.2. The molecule has 5 rings (SSSR count). The Balaban J connectivity index is 1.25. The van der Waals surface area contributed by atoms with Gasteiger partial charge in [0, 0.05) is 9.79 Å². The molecule has 0 fully saturated rings. The Morgan fingerprint density at radius 1 is 0.903 bits per heavy atom. The Hall–Kier alpha value is -2.81. The van der Waals surface area contributed by atoms with Crippen molar-refractivity contribution in [1.82, 2.24) is 4.98 Å². The maximum atomic E-state index is 13.0. The van der Waals surface area contributed by atoms with Crippen LogP contribution in [0.4, 0.5) is 11.4 Å². The molecule has 0 unspecified atom stereocenters. The number of amides is 1. The smallest absolute Gasteiger partial charge is 0.316 e. The molecule has 1 aliphatic rings. The van der Waals surface area contributed by atoms with Gasteiger partial charge in [0.25, 0.3) is 5.91 Å². The number of para-hydroxylation sites is 3. The lowest BCUT2D eigenvalue weighted by atomic mass is 10.2. The number of fused-ring (bicyclic) bond motifs is 3. The zero-order valence-corrected chi connectivity index (χ0v) is 18.6. The van der Waals surface area contributed by atoms with Crippen molar-refractivity contribution in [2.45, 2.75) is 14.1 Å². The number of hydrogen-bond acceptors (Lipinski definition) is 7. The van der Waals surface area contributed by atoms with E-state index in [-0.39, 0.29) is 18.3 Å². The zero-order valence-electron chi connectivity index (χ0n) is 16.2. The van der Waals surface area contributed by atoms with Crippen LogP contribution in [0.1, 0.15) is 0 Å². The zero-order chi connectivity index (χ0) is 21.2. The molecule has 0 N–H and O–H groups in total. The van der Waals surface area contributed by atoms with Gasteiger partial charge in [0.05, 0.1) is 27.3 Å². The predicted octanol–water partition coefficient (Wildman–Crippen LogP) is 5.76. The van der Waals surface area contributed by atoms with Crippen LogP contribution in [0, 0.1) is 0 Å². The highest BCUT2D eigenvalue weighted by Gasteiger charge is 2.28. The summed E-state index contributed by atoms with van der Waals surface area (Å²) in [6.07, 6.45) is 0. The molecule has 2 heterocycles. The molecule has 154 valence electrons. The largest absolute Gasteiger partial charge is 0.455 e. The molecular weight excluding hydrogens is 448 g/mol. The molecule has 8 heteroatoms. The average Bonchev–Trinajstić information content (AvgIpc) is 3.22. The van der Waals surface area contributed by atoms with Gasteiger partial charge in [-0.2, -0.15) is 0 Å². The Labute approximate surface area is 191 Å². The number of esters is 1. The van der Waals surface area contributed by atoms with Crippen LogP contribution in [-0.2, 0) is 14.3 Å². The second-order valence-corrected chi connectivity index (χ2v) is 10.0. The van der Waals surface area contributed by atoms with Gasteiger partial charge in [-0.05, 0) is 36.4 Å². The van der Waals surface area contributed by atoms with Crippen molar-refractivity contribution in [3.63, 3.8) is 0 Å². The third-order valence-electron chi connectivity index (χ3n) is 4.63. The van der Waals surface area contributed by atoms with E-state index in [1.807, 2.05) is 72.8 Å². The van der Waals surface area contributed by atoms with Crippen molar-refractivity contribution < 1.29 is 14.3 Å². The van der Waals surface area contributed by atoms with Gasteiger partial charge in [0.2, 0.25) is 0 Å². The highest BCUT2D eigenvalue weighted by atomic mass is 32.2. The van der Waals surface area contributed by atoms with Crippen LogP contribution in [0.5, 0.6) is 0 Å². The average molecular weight is 465 g/mol. The third-order valence-corrected chi connectivity index (χ3v) is 7.91. The lowest BCUT2D eigenvalue weighted by Gasteiger charge is -2.30. The normalized spacial score (nSPS) is 12.3. The van der Waals surface area contributed by atoms with Gasteiger partial charge in [-0.3, -0.25) is 14.5 Å². The number of hydrogen-bond donors (Lipinski definition) is 0. The lowest BCUT2D eigenvalue weighted by molar-refractivity contribution is -0.144. The first-order valence-corrected chi connectivity index (χ1v) is 12.1. The maximum Gasteiger partial charge on any atom is 0.316 e. The Kier molecular flexibility index (Phi) is 5.67. The van der Waals surface area contributed by atoms with Gasteiger partial charge < -0.3 is 4.74 Å². The lowest BCUT2D eigenvalue weighted by Crippen LogP contribution is -2.32. The molecule has 0 radical (unpaired) electrons. The second-order valence-electron chi connectivity index (χ2n) is 6.66. The Bertz CT molecular complexity index is 1210. The number of aromatic nitrogens is 1. The van der Waals surface area contributed by atoms with E-state index < -0.39 is 5.97 Å². The summed E-state index contributed by atoms with van der Waals surface area (Å²) in [7, 11) is 0. The summed E-state index contributed by atoms with van der Waals surface area (Å²) in [5, 5.41) is 0. The molecule has 31 heavy (non-hydrogen) atoms. The summed E-state index contributed by atoms with van der Waals surface area (Å²) in [5.41, 5.74) is 2.52. The fraction of sp³-hybridized carbons (Fsp3) is 0.0870. The van der Waals surface area contributed by atoms with E-state index in [2.05, 4.69) is 4.98 Å². The third kappa shape index (κ3) is 4.19. The van der Waals surface area contributed by atoms with E-state index in [1.165, 1.54) is 23.1 Å². The summed E-state index contributed by atoms with van der Waals surface area (Å²) in [5.74, 6) is -0.611. The molecule has 4 aromatic rings. The van der Waals surface area contributed by atoms with Crippen LogP contribution in [0.3, 0.4) is 0 Å². The number of rotatable bonds is 5. The summed E-state index contributed by atoms with van der Waals surface area (Å²) < 4.78 is 7.19. The molecule has 0 saturated carbocycles. The van der Waals surface area contributed by atoms with Crippen LogP contribution in [0.25, 0.3) is 10.2 Å². The SMILES string of the molecule is O=C(CSc1nc2ccccc2s1)OCC(=O)N1c2ccccc2Sc2ccccc21. The molecule has 0 bridgehead atoms. The number of ether oxygens (including phenoxy) is 1. The highest BCUT2D eigenvalue weighted by molar-refractivity contribution is 8.01. The highest BCUT2D eigenvalue weighted by Crippen LogP contribution is 2.47. The van der Waals surface area contributed by atoms with Crippen molar-refractivity contribution in [3.8, 4) is 0 Å². The molecular formula is C23H16N2O3S3. The molecule has 1 aliphatic heterocycles. The first kappa shape index (κ1) is 20.1. The minimum atomic E-state index is -0.439. The van der Waals surface area contributed by atoms with E-state index in [0.717, 1.165) is 35.7 Å². The molecule has 0 saturated heterocycles. The van der Waals surface area contributed by atoms with Crippen LogP contribution in [0.2, 0.25) is 0 Å². The van der Waals surface area contributed by atoms with Gasteiger partial charge in [-0.25, -0.2) is 4.98 Å². The van der Waals surface area contributed by atoms with Crippen molar-refractivity contribution in [2.75, 3.05) is 17.3 Å². The number of thiazole rings is 1. The van der Waals surface area contributed by atoms with Gasteiger partial charge in [-0.1, -0.05) is 59.9 Å². The number of carbonyl (C=O) groups is 2. The number of anilines is 2. The van der Waals surface area contributed by atoms with Crippen LogP contribution in [0.15, 0.2) is 86.9 Å². The number of nitrogens with zero attached hydrogens (tertiary/aromatic N) is 2. The van der Waals surface area contributed by atoms with E-state index in [1.54, 1.807) is 16.7 Å². The molecule has 1 aromatic heterocycles. The quantitative estimate of drug-likeness (QED) is 0.276. The van der Waals surface area contributed by atoms with Crippen molar-refractivity contribution >= 4 is 68.3 Å². The fourth-order valence-corrected chi connectivity index (χ4v) is 6.18. The van der Waals surface area contributed by atoms with E-state index in [9.17, 15) is 9.59 Å². The maximum absolute atomic E-state index is 13.0. The van der Waals surface area contributed by atoms with Crippen molar-refractivity contribution in [3.05, 3.63) is 72.8 Å². The summed E-state index contributed by atoms with van der Waals surface area (Å²) >= 11 is 4.49. The summed E-state index contributed by atoms with van der Waals surface area (Å²) in [4.78, 5) is 33.4. The van der Waals surface area contributed by atoms with Gasteiger partial charge in [-0.15, -0.1) is 11.3 Å². The Morgan fingerprint density at radius 2 is 1.55 bits per heavy atom. The number of carbonyl (C=O) groups excluding carboxylic acids is 2. The number of benzene rings is 3. The van der Waals surface area contributed by atoms with Crippen LogP contribution < -0.4 is 4.90 Å². The fourth-order valence-electron chi connectivity index (χ4n) is 3.26. The van der Waals surface area contributed by atoms with Gasteiger partial charge in [0.15, 0.2) is 10.9 Å². The summed E-state index contributed by atoms with van der Waals surface area (Å²) in [6, 6.07) is 23.3. The standard InChI is InChI=1S/C23H16N2O3S3/c26-21(13-28-22(27)14-29-23-24-15-7-1-4-10-18(15)31-23)25-16-8-2-5-11-19(16)30-20-12-6-3-9-17(20)25/h1-12H,13-14H2. The molecule has 3 aromatic carbocycles. The monoisotopic (exact) mass is 464 g/mol. The predicted molar refractivity (Wildman–Crippen MR) is 125 cm³/mol. The molecule has 1 amide bonds. The molecule has 0 aliphatic carbocycles. The molecule has 5 nitrogen and oxygen atoms in total. The van der Waals surface area contributed by atoms with Gasteiger partial charge in [0.1, 0.15) is 0 Å². The number of thioether (sulfide) groups is 1. The second kappa shape index (κ2) is 8.74. The summed E-state index contributed by atoms with van der Waals surface area (Å²) in [6.45, 7) is -0.313. The minimum Gasteiger partial charge on any atom is -0.455 e. The van der Waals surface area contributed by atoms with E-state index in [0.29, 0.717) is 0 Å². The molecule has 0 atom stereocenters.